The summed E-state index contributed by atoms with van der Waals surface area (Å²) in [6, 6.07) is 9.23. The average molecular weight is 221 g/mol. The third-order valence-corrected chi connectivity index (χ3v) is 2.07. The summed E-state index contributed by atoms with van der Waals surface area (Å²) in [5.74, 6) is -0.928. The third-order valence-electron chi connectivity index (χ3n) is 2.07. The van der Waals surface area contributed by atoms with Gasteiger partial charge in [-0.25, -0.2) is 8.78 Å². The topological polar surface area (TPSA) is 32.3 Å². The Balaban J connectivity index is 2.26. The summed E-state index contributed by atoms with van der Waals surface area (Å²) in [6.45, 7) is 0. The van der Waals surface area contributed by atoms with E-state index in [1.165, 1.54) is 12.1 Å². The van der Waals surface area contributed by atoms with Gasteiger partial charge < -0.3 is 10.4 Å². The van der Waals surface area contributed by atoms with Crippen LogP contribution in [0.3, 0.4) is 0 Å². The first kappa shape index (κ1) is 10.4. The molecule has 16 heavy (non-hydrogen) atoms. The molecule has 2 rings (SSSR count). The van der Waals surface area contributed by atoms with E-state index < -0.39 is 11.6 Å². The van der Waals surface area contributed by atoms with Crippen LogP contribution in [0.25, 0.3) is 0 Å². The minimum absolute atomic E-state index is 0.0608. The molecule has 0 aliphatic rings. The highest BCUT2D eigenvalue weighted by Gasteiger charge is 2.03. The molecule has 4 heteroatoms. The van der Waals surface area contributed by atoms with Gasteiger partial charge in [-0.2, -0.15) is 0 Å². The van der Waals surface area contributed by atoms with E-state index in [2.05, 4.69) is 5.32 Å². The van der Waals surface area contributed by atoms with Crippen molar-refractivity contribution in [2.75, 3.05) is 5.32 Å². The van der Waals surface area contributed by atoms with E-state index in [1.54, 1.807) is 12.1 Å². The lowest BCUT2D eigenvalue weighted by molar-refractivity contribution is 0.475. The van der Waals surface area contributed by atoms with Crippen LogP contribution in [-0.2, 0) is 0 Å². The predicted molar refractivity (Wildman–Crippen MR) is 57.7 cm³/mol. The van der Waals surface area contributed by atoms with Gasteiger partial charge in [0.1, 0.15) is 17.4 Å². The summed E-state index contributed by atoms with van der Waals surface area (Å²) in [7, 11) is 0. The lowest BCUT2D eigenvalue weighted by atomic mass is 10.2. The maximum Gasteiger partial charge on any atom is 0.146 e. The second-order valence-corrected chi connectivity index (χ2v) is 3.30. The summed E-state index contributed by atoms with van der Waals surface area (Å²) in [4.78, 5) is 0. The predicted octanol–water partition coefficient (Wildman–Crippen LogP) is 3.41. The average Bonchev–Trinajstić information content (AvgIpc) is 2.27. The molecule has 0 amide bonds. The van der Waals surface area contributed by atoms with Crippen molar-refractivity contribution in [1.82, 2.24) is 0 Å². The van der Waals surface area contributed by atoms with Crippen molar-refractivity contribution < 1.29 is 13.9 Å². The summed E-state index contributed by atoms with van der Waals surface area (Å²) < 4.78 is 26.1. The number of phenolic OH excluding ortho intramolecular Hbond substituents is 1. The van der Waals surface area contributed by atoms with Gasteiger partial charge in [0.2, 0.25) is 0 Å². The fourth-order valence-corrected chi connectivity index (χ4v) is 1.29. The molecule has 0 fully saturated rings. The third kappa shape index (κ3) is 2.28. The van der Waals surface area contributed by atoms with Gasteiger partial charge in [0, 0.05) is 11.8 Å². The van der Waals surface area contributed by atoms with Crippen LogP contribution in [-0.4, -0.2) is 5.11 Å². The largest absolute Gasteiger partial charge is 0.508 e. The maximum atomic E-state index is 13.3. The zero-order chi connectivity index (χ0) is 11.5. The van der Waals surface area contributed by atoms with Crippen molar-refractivity contribution in [3.63, 3.8) is 0 Å². The SMILES string of the molecule is Oc1ccc(Nc2cc(F)ccc2F)cc1. The second kappa shape index (κ2) is 4.18. The Morgan fingerprint density at radius 1 is 0.938 bits per heavy atom. The Hall–Kier alpha value is -2.10. The monoisotopic (exact) mass is 221 g/mol. The van der Waals surface area contributed by atoms with Crippen molar-refractivity contribution in [2.24, 2.45) is 0 Å². The molecule has 0 saturated carbocycles. The Kier molecular flexibility index (Phi) is 2.72. The number of halogens is 2. The van der Waals surface area contributed by atoms with Gasteiger partial charge in [-0.3, -0.25) is 0 Å². The Labute approximate surface area is 91.2 Å². The zero-order valence-corrected chi connectivity index (χ0v) is 8.24. The van der Waals surface area contributed by atoms with Gasteiger partial charge in [-0.1, -0.05) is 0 Å². The van der Waals surface area contributed by atoms with Crippen LogP contribution >= 0.6 is 0 Å². The van der Waals surface area contributed by atoms with Crippen molar-refractivity contribution in [1.29, 1.82) is 0 Å². The van der Waals surface area contributed by atoms with Gasteiger partial charge in [0.25, 0.3) is 0 Å². The van der Waals surface area contributed by atoms with Crippen LogP contribution in [0.1, 0.15) is 0 Å². The zero-order valence-electron chi connectivity index (χ0n) is 8.24. The molecular formula is C12H9F2NO. The molecule has 0 atom stereocenters. The molecule has 0 aliphatic heterocycles. The molecule has 0 heterocycles. The second-order valence-electron chi connectivity index (χ2n) is 3.30. The standard InChI is InChI=1S/C12H9F2NO/c13-8-1-6-11(14)12(7-8)15-9-2-4-10(16)5-3-9/h1-7,15-16H. The van der Waals surface area contributed by atoms with Gasteiger partial charge >= 0.3 is 0 Å². The van der Waals surface area contributed by atoms with E-state index in [-0.39, 0.29) is 11.4 Å². The van der Waals surface area contributed by atoms with E-state index in [0.29, 0.717) is 5.69 Å². The molecule has 0 bridgehead atoms. The van der Waals surface area contributed by atoms with E-state index >= 15 is 0 Å². The fourth-order valence-electron chi connectivity index (χ4n) is 1.29. The Morgan fingerprint density at radius 3 is 2.31 bits per heavy atom. The molecule has 0 aliphatic carbocycles. The van der Waals surface area contributed by atoms with Crippen molar-refractivity contribution in [3.05, 3.63) is 54.1 Å². The summed E-state index contributed by atoms with van der Waals surface area (Å²) >= 11 is 0. The molecule has 2 nitrogen and oxygen atoms in total. The number of hydrogen-bond acceptors (Lipinski definition) is 2. The number of phenols is 1. The number of nitrogens with one attached hydrogen (secondary N) is 1. The van der Waals surface area contributed by atoms with E-state index in [4.69, 9.17) is 5.11 Å². The lowest BCUT2D eigenvalue weighted by Crippen LogP contribution is -1.94. The minimum atomic E-state index is -0.533. The molecule has 2 aromatic rings. The highest BCUT2D eigenvalue weighted by molar-refractivity contribution is 5.60. The summed E-state index contributed by atoms with van der Waals surface area (Å²) in [6.07, 6.45) is 0. The summed E-state index contributed by atoms with van der Waals surface area (Å²) in [5.41, 5.74) is 0.632. The molecule has 2 N–H and O–H groups in total. The van der Waals surface area contributed by atoms with Crippen LogP contribution in [0.15, 0.2) is 42.5 Å². The fraction of sp³-hybridized carbons (Fsp3) is 0. The van der Waals surface area contributed by atoms with Crippen molar-refractivity contribution in [3.8, 4) is 5.75 Å². The Bertz CT molecular complexity index is 497. The first-order chi connectivity index (χ1) is 7.65. The van der Waals surface area contributed by atoms with Crippen molar-refractivity contribution >= 4 is 11.4 Å². The first-order valence-corrected chi connectivity index (χ1v) is 4.66. The van der Waals surface area contributed by atoms with Crippen LogP contribution in [0.2, 0.25) is 0 Å². The molecule has 0 radical (unpaired) electrons. The van der Waals surface area contributed by atoms with E-state index in [1.807, 2.05) is 0 Å². The van der Waals surface area contributed by atoms with Crippen LogP contribution in [0, 0.1) is 11.6 Å². The van der Waals surface area contributed by atoms with Gasteiger partial charge in [0.05, 0.1) is 5.69 Å². The number of anilines is 2. The van der Waals surface area contributed by atoms with Gasteiger partial charge in [-0.15, -0.1) is 0 Å². The minimum Gasteiger partial charge on any atom is -0.508 e. The molecule has 0 aromatic heterocycles. The van der Waals surface area contributed by atoms with Gasteiger partial charge in [-0.05, 0) is 36.4 Å². The number of hydrogen-bond donors (Lipinski definition) is 2. The van der Waals surface area contributed by atoms with E-state index in [0.717, 1.165) is 18.2 Å². The number of benzene rings is 2. The van der Waals surface area contributed by atoms with Crippen LogP contribution in [0.4, 0.5) is 20.2 Å². The first-order valence-electron chi connectivity index (χ1n) is 4.66. The molecule has 0 saturated heterocycles. The quantitative estimate of drug-likeness (QED) is 0.761. The lowest BCUT2D eigenvalue weighted by Gasteiger charge is -2.07. The normalized spacial score (nSPS) is 10.1. The van der Waals surface area contributed by atoms with Gasteiger partial charge in [0.15, 0.2) is 0 Å². The molecule has 82 valence electrons. The Morgan fingerprint density at radius 2 is 1.62 bits per heavy atom. The van der Waals surface area contributed by atoms with Crippen LogP contribution in [0.5, 0.6) is 5.75 Å². The molecule has 2 aromatic carbocycles. The summed E-state index contributed by atoms with van der Waals surface area (Å²) in [5, 5.41) is 11.8. The highest BCUT2D eigenvalue weighted by atomic mass is 19.1. The smallest absolute Gasteiger partial charge is 0.146 e. The van der Waals surface area contributed by atoms with Crippen LogP contribution < -0.4 is 5.32 Å². The number of rotatable bonds is 2. The van der Waals surface area contributed by atoms with E-state index in [9.17, 15) is 8.78 Å². The maximum absolute atomic E-state index is 13.3. The molecular weight excluding hydrogens is 212 g/mol. The molecule has 0 spiro atoms. The number of aromatic hydroxyl groups is 1. The highest BCUT2D eigenvalue weighted by Crippen LogP contribution is 2.22. The molecule has 0 unspecified atom stereocenters. The van der Waals surface area contributed by atoms with Crippen molar-refractivity contribution in [2.45, 2.75) is 0 Å².